The molecule has 5 nitrogen and oxygen atoms in total. The van der Waals surface area contributed by atoms with Gasteiger partial charge in [-0.05, 0) is 93.4 Å². The predicted octanol–water partition coefficient (Wildman–Crippen LogP) is 4.58. The van der Waals surface area contributed by atoms with E-state index >= 15 is 0 Å². The minimum atomic E-state index is 0.0532. The molecular formula is C24H31N3O2. The molecule has 2 aromatic rings. The van der Waals surface area contributed by atoms with Gasteiger partial charge in [0, 0.05) is 18.8 Å². The van der Waals surface area contributed by atoms with Crippen molar-refractivity contribution < 1.29 is 9.53 Å². The molecule has 0 unspecified atom stereocenters. The van der Waals surface area contributed by atoms with E-state index in [-0.39, 0.29) is 11.4 Å². The second-order valence-electron chi connectivity index (χ2n) is 9.79. The molecular weight excluding hydrogens is 362 g/mol. The quantitative estimate of drug-likeness (QED) is 0.747. The number of benzene rings is 1. The highest BCUT2D eigenvalue weighted by atomic mass is 16.5. The van der Waals surface area contributed by atoms with E-state index in [9.17, 15) is 4.79 Å². The Labute approximate surface area is 173 Å². The first-order valence-corrected chi connectivity index (χ1v) is 10.9. The third-order valence-corrected chi connectivity index (χ3v) is 7.58. The lowest BCUT2D eigenvalue weighted by Crippen LogP contribution is -2.60. The Kier molecular flexibility index (Phi) is 4.45. The van der Waals surface area contributed by atoms with Gasteiger partial charge in [0.15, 0.2) is 12.4 Å². The number of nitrogens with zero attached hydrogens (tertiary/aromatic N) is 3. The van der Waals surface area contributed by atoms with Gasteiger partial charge in [0.2, 0.25) is 0 Å². The molecule has 1 amide bonds. The standard InChI is InChI=1S/C24H31N3O2/c1-16-4-5-17(2)22(8-16)29-15-27-7-6-21(25-27)23(28)26(3)24-12-18-9-19(13-24)11-20(10-18)14-24/h4-8,18-20H,9-15H2,1-3H3. The number of carbonyl (C=O) groups is 1. The van der Waals surface area contributed by atoms with Crippen LogP contribution >= 0.6 is 0 Å². The molecule has 6 rings (SSSR count). The van der Waals surface area contributed by atoms with E-state index in [1.165, 1.54) is 44.1 Å². The lowest BCUT2D eigenvalue weighted by molar-refractivity contribution is -0.0667. The number of hydrogen-bond acceptors (Lipinski definition) is 3. The summed E-state index contributed by atoms with van der Waals surface area (Å²) in [6, 6.07) is 7.99. The molecule has 1 heterocycles. The van der Waals surface area contributed by atoms with Crippen LogP contribution in [0, 0.1) is 31.6 Å². The lowest BCUT2D eigenvalue weighted by Gasteiger charge is -2.59. The maximum Gasteiger partial charge on any atom is 0.274 e. The van der Waals surface area contributed by atoms with Crippen molar-refractivity contribution in [1.82, 2.24) is 14.7 Å². The summed E-state index contributed by atoms with van der Waals surface area (Å²) in [7, 11) is 2.00. The fraction of sp³-hybridized carbons (Fsp3) is 0.583. The van der Waals surface area contributed by atoms with Crippen molar-refractivity contribution in [2.24, 2.45) is 17.8 Å². The van der Waals surface area contributed by atoms with Crippen molar-refractivity contribution in [2.45, 2.75) is 64.6 Å². The van der Waals surface area contributed by atoms with Crippen LogP contribution in [0.2, 0.25) is 0 Å². The Morgan fingerprint density at radius 3 is 2.45 bits per heavy atom. The third kappa shape index (κ3) is 3.34. The van der Waals surface area contributed by atoms with E-state index < -0.39 is 0 Å². The zero-order valence-corrected chi connectivity index (χ0v) is 17.7. The van der Waals surface area contributed by atoms with Crippen molar-refractivity contribution in [3.05, 3.63) is 47.3 Å². The molecule has 0 N–H and O–H groups in total. The normalized spacial score (nSPS) is 29.8. The molecule has 5 heteroatoms. The van der Waals surface area contributed by atoms with Gasteiger partial charge >= 0.3 is 0 Å². The van der Waals surface area contributed by atoms with Crippen molar-refractivity contribution in [1.29, 1.82) is 0 Å². The average molecular weight is 394 g/mol. The number of ether oxygens (including phenoxy) is 1. The number of aryl methyl sites for hydroxylation is 2. The van der Waals surface area contributed by atoms with Gasteiger partial charge in [-0.25, -0.2) is 4.68 Å². The SMILES string of the molecule is Cc1ccc(C)c(OCn2ccc(C(=O)N(C)C34CC5CC(CC(C5)C3)C4)n2)c1. The summed E-state index contributed by atoms with van der Waals surface area (Å²) in [5, 5.41) is 4.53. The Bertz CT molecular complexity index is 897. The Hall–Kier alpha value is -2.30. The minimum absolute atomic E-state index is 0.0532. The highest BCUT2D eigenvalue weighted by Gasteiger charge is 2.53. The zero-order valence-electron chi connectivity index (χ0n) is 17.7. The Morgan fingerprint density at radius 1 is 1.14 bits per heavy atom. The summed E-state index contributed by atoms with van der Waals surface area (Å²) in [6.45, 7) is 4.39. The van der Waals surface area contributed by atoms with Crippen LogP contribution in [-0.4, -0.2) is 33.2 Å². The molecule has 29 heavy (non-hydrogen) atoms. The number of rotatable bonds is 5. The van der Waals surface area contributed by atoms with Crippen LogP contribution in [0.5, 0.6) is 5.75 Å². The molecule has 0 spiro atoms. The zero-order chi connectivity index (χ0) is 20.2. The van der Waals surface area contributed by atoms with Gasteiger partial charge < -0.3 is 9.64 Å². The fourth-order valence-electron chi connectivity index (χ4n) is 6.41. The molecule has 0 radical (unpaired) electrons. The number of hydrogen-bond donors (Lipinski definition) is 0. The summed E-state index contributed by atoms with van der Waals surface area (Å²) in [5.41, 5.74) is 2.85. The van der Waals surface area contributed by atoms with Gasteiger partial charge in [-0.3, -0.25) is 4.79 Å². The van der Waals surface area contributed by atoms with E-state index in [4.69, 9.17) is 4.74 Å². The molecule has 4 fully saturated rings. The number of carbonyl (C=O) groups excluding carboxylic acids is 1. The van der Waals surface area contributed by atoms with E-state index in [0.29, 0.717) is 12.4 Å². The molecule has 154 valence electrons. The van der Waals surface area contributed by atoms with E-state index in [2.05, 4.69) is 24.2 Å². The van der Waals surface area contributed by atoms with E-state index in [0.717, 1.165) is 29.1 Å². The fourth-order valence-corrected chi connectivity index (χ4v) is 6.41. The molecule has 0 saturated heterocycles. The van der Waals surface area contributed by atoms with Gasteiger partial charge in [0.05, 0.1) is 0 Å². The lowest BCUT2D eigenvalue weighted by atomic mass is 9.52. The number of aromatic nitrogens is 2. The topological polar surface area (TPSA) is 47.4 Å². The molecule has 1 aromatic carbocycles. The van der Waals surface area contributed by atoms with Crippen molar-refractivity contribution in [3.8, 4) is 5.75 Å². The van der Waals surface area contributed by atoms with Gasteiger partial charge in [-0.2, -0.15) is 5.10 Å². The van der Waals surface area contributed by atoms with Gasteiger partial charge in [0.25, 0.3) is 5.91 Å². The van der Waals surface area contributed by atoms with Crippen LogP contribution < -0.4 is 4.74 Å². The molecule has 1 aromatic heterocycles. The van der Waals surface area contributed by atoms with Gasteiger partial charge in [0.1, 0.15) is 5.75 Å². The highest BCUT2D eigenvalue weighted by molar-refractivity contribution is 5.92. The van der Waals surface area contributed by atoms with Crippen molar-refractivity contribution >= 4 is 5.91 Å². The van der Waals surface area contributed by atoms with Crippen molar-refractivity contribution in [2.75, 3.05) is 7.05 Å². The molecule has 4 bridgehead atoms. The second kappa shape index (κ2) is 6.89. The van der Waals surface area contributed by atoms with Crippen molar-refractivity contribution in [3.63, 3.8) is 0 Å². The summed E-state index contributed by atoms with van der Waals surface area (Å²) in [6.07, 6.45) is 9.52. The molecule has 4 aliphatic rings. The molecule has 0 aliphatic heterocycles. The Balaban J connectivity index is 1.28. The highest BCUT2D eigenvalue weighted by Crippen LogP contribution is 2.57. The summed E-state index contributed by atoms with van der Waals surface area (Å²) in [4.78, 5) is 15.3. The first-order chi connectivity index (χ1) is 13.9. The summed E-state index contributed by atoms with van der Waals surface area (Å²) >= 11 is 0. The molecule has 0 atom stereocenters. The largest absolute Gasteiger partial charge is 0.471 e. The van der Waals surface area contributed by atoms with E-state index in [1.807, 2.05) is 37.2 Å². The van der Waals surface area contributed by atoms with Crippen LogP contribution in [0.15, 0.2) is 30.5 Å². The first kappa shape index (κ1) is 18.7. The van der Waals surface area contributed by atoms with Crippen LogP contribution in [0.4, 0.5) is 0 Å². The van der Waals surface area contributed by atoms with Gasteiger partial charge in [-0.15, -0.1) is 0 Å². The predicted molar refractivity (Wildman–Crippen MR) is 112 cm³/mol. The summed E-state index contributed by atoms with van der Waals surface area (Å²) < 4.78 is 7.64. The summed E-state index contributed by atoms with van der Waals surface area (Å²) in [5.74, 6) is 3.37. The van der Waals surface area contributed by atoms with E-state index in [1.54, 1.807) is 4.68 Å². The molecule has 4 saturated carbocycles. The minimum Gasteiger partial charge on any atom is -0.471 e. The smallest absolute Gasteiger partial charge is 0.274 e. The van der Waals surface area contributed by atoms with Crippen LogP contribution in [0.1, 0.15) is 60.1 Å². The van der Waals surface area contributed by atoms with Crippen LogP contribution in [0.25, 0.3) is 0 Å². The number of amides is 1. The second-order valence-corrected chi connectivity index (χ2v) is 9.79. The monoisotopic (exact) mass is 393 g/mol. The maximum absolute atomic E-state index is 13.3. The first-order valence-electron chi connectivity index (χ1n) is 10.9. The maximum atomic E-state index is 13.3. The van der Waals surface area contributed by atoms with Crippen LogP contribution in [-0.2, 0) is 6.73 Å². The molecule has 4 aliphatic carbocycles. The van der Waals surface area contributed by atoms with Crippen LogP contribution in [0.3, 0.4) is 0 Å². The van der Waals surface area contributed by atoms with Gasteiger partial charge in [-0.1, -0.05) is 12.1 Å². The third-order valence-electron chi connectivity index (χ3n) is 7.58. The Morgan fingerprint density at radius 2 is 1.79 bits per heavy atom. The average Bonchev–Trinajstić information content (AvgIpc) is 3.15.